The summed E-state index contributed by atoms with van der Waals surface area (Å²) in [6.45, 7) is 3.48. The molecule has 0 bridgehead atoms. The molecule has 0 aliphatic carbocycles. The van der Waals surface area contributed by atoms with Gasteiger partial charge in [-0.15, -0.1) is 0 Å². The molecule has 1 aliphatic heterocycles. The largest absolute Gasteiger partial charge is 0.416 e. The van der Waals surface area contributed by atoms with Gasteiger partial charge in [0.05, 0.1) is 10.5 Å². The van der Waals surface area contributed by atoms with Crippen molar-refractivity contribution in [2.75, 3.05) is 19.6 Å². The van der Waals surface area contributed by atoms with Gasteiger partial charge in [0.15, 0.2) is 0 Å². The zero-order valence-corrected chi connectivity index (χ0v) is 14.7. The zero-order chi connectivity index (χ0) is 18.9. The molecule has 1 unspecified atom stereocenters. The van der Waals surface area contributed by atoms with E-state index in [1.165, 1.54) is 0 Å². The summed E-state index contributed by atoms with van der Waals surface area (Å²) in [7, 11) is -7.52. The number of nitrogens with one attached hydrogen (secondary N) is 1. The molecular weight excluding hydrogens is 381 g/mol. The van der Waals surface area contributed by atoms with Gasteiger partial charge in [-0.3, -0.25) is 0 Å². The van der Waals surface area contributed by atoms with Crippen LogP contribution >= 0.6 is 0 Å². The summed E-state index contributed by atoms with van der Waals surface area (Å²) < 4.78 is 88.7. The Bertz CT molecular complexity index is 834. The molecule has 0 amide bonds. The van der Waals surface area contributed by atoms with Crippen molar-refractivity contribution in [1.82, 2.24) is 9.03 Å². The quantitative estimate of drug-likeness (QED) is 0.792. The molecule has 1 N–H and O–H groups in total. The van der Waals surface area contributed by atoms with Crippen LogP contribution in [0.4, 0.5) is 13.2 Å². The van der Waals surface area contributed by atoms with Crippen LogP contribution in [0.2, 0.25) is 0 Å². The van der Waals surface area contributed by atoms with E-state index in [4.69, 9.17) is 0 Å². The smallest absolute Gasteiger partial charge is 0.211 e. The minimum absolute atomic E-state index is 0.0629. The lowest BCUT2D eigenvalue weighted by Gasteiger charge is -2.17. The van der Waals surface area contributed by atoms with Crippen LogP contribution in [0.3, 0.4) is 0 Å². The summed E-state index contributed by atoms with van der Waals surface area (Å²) in [5.74, 6) is -0.223. The molecule has 1 saturated heterocycles. The topological polar surface area (TPSA) is 83.6 Å². The third-order valence-corrected chi connectivity index (χ3v) is 6.75. The minimum Gasteiger partial charge on any atom is -0.211 e. The predicted molar refractivity (Wildman–Crippen MR) is 85.4 cm³/mol. The summed E-state index contributed by atoms with van der Waals surface area (Å²) >= 11 is 0. The van der Waals surface area contributed by atoms with Crippen LogP contribution < -0.4 is 4.72 Å². The number of hydrogen-bond donors (Lipinski definition) is 1. The molecule has 0 radical (unpaired) electrons. The van der Waals surface area contributed by atoms with Crippen molar-refractivity contribution in [3.8, 4) is 0 Å². The monoisotopic (exact) mass is 398 g/mol. The van der Waals surface area contributed by atoms with Gasteiger partial charge >= 0.3 is 6.18 Å². The molecule has 2 rings (SSSR count). The predicted octanol–water partition coefficient (Wildman–Crippen LogP) is 1.78. The Morgan fingerprint density at radius 1 is 1.20 bits per heavy atom. The van der Waals surface area contributed by atoms with Gasteiger partial charge in [0.2, 0.25) is 20.0 Å². The van der Waals surface area contributed by atoms with E-state index < -0.39 is 31.8 Å². The van der Waals surface area contributed by atoms with Crippen molar-refractivity contribution in [3.63, 3.8) is 0 Å². The standard InChI is InChI=1S/C14H17F3N2O4S2/c1-2-24(20,21)18-9-11-7-8-19(10-11)25(22,23)13-5-3-12(4-6-13)14(15,16)17/h2-6,11,18H,1,7-10H2. The Morgan fingerprint density at radius 3 is 2.32 bits per heavy atom. The first-order valence-electron chi connectivity index (χ1n) is 7.25. The van der Waals surface area contributed by atoms with Gasteiger partial charge in [-0.2, -0.15) is 17.5 Å². The maximum absolute atomic E-state index is 12.6. The number of nitrogens with zero attached hydrogens (tertiary/aromatic N) is 1. The van der Waals surface area contributed by atoms with Crippen molar-refractivity contribution in [1.29, 1.82) is 0 Å². The van der Waals surface area contributed by atoms with Gasteiger partial charge in [-0.1, -0.05) is 6.58 Å². The molecule has 11 heteroatoms. The number of hydrogen-bond acceptors (Lipinski definition) is 4. The first-order chi connectivity index (χ1) is 11.5. The van der Waals surface area contributed by atoms with Gasteiger partial charge < -0.3 is 0 Å². The van der Waals surface area contributed by atoms with Crippen molar-refractivity contribution in [2.45, 2.75) is 17.5 Å². The average molecular weight is 398 g/mol. The summed E-state index contributed by atoms with van der Waals surface area (Å²) in [5, 5.41) is 0.763. The van der Waals surface area contributed by atoms with Gasteiger partial charge in [-0.25, -0.2) is 21.6 Å². The van der Waals surface area contributed by atoms with Crippen LogP contribution in [0.5, 0.6) is 0 Å². The van der Waals surface area contributed by atoms with Crippen LogP contribution in [0.15, 0.2) is 41.1 Å². The number of rotatable bonds is 6. The fourth-order valence-electron chi connectivity index (χ4n) is 2.44. The number of halogens is 3. The SMILES string of the molecule is C=CS(=O)(=O)NCC1CCN(S(=O)(=O)c2ccc(C(F)(F)F)cc2)C1. The van der Waals surface area contributed by atoms with E-state index in [1.807, 2.05) is 0 Å². The first kappa shape index (κ1) is 19.9. The van der Waals surface area contributed by atoms with Crippen molar-refractivity contribution < 1.29 is 30.0 Å². The molecule has 6 nitrogen and oxygen atoms in total. The highest BCUT2D eigenvalue weighted by Crippen LogP contribution is 2.31. The third-order valence-electron chi connectivity index (χ3n) is 3.86. The van der Waals surface area contributed by atoms with Crippen molar-refractivity contribution in [2.24, 2.45) is 5.92 Å². The van der Waals surface area contributed by atoms with Gasteiger partial charge in [-0.05, 0) is 36.6 Å². The maximum atomic E-state index is 12.6. The lowest BCUT2D eigenvalue weighted by atomic mass is 10.1. The van der Waals surface area contributed by atoms with Crippen molar-refractivity contribution in [3.05, 3.63) is 41.8 Å². The van der Waals surface area contributed by atoms with E-state index in [9.17, 15) is 30.0 Å². The molecule has 1 fully saturated rings. The molecule has 0 saturated carbocycles. The molecule has 1 heterocycles. The number of alkyl halides is 3. The summed E-state index contributed by atoms with van der Waals surface area (Å²) in [5.41, 5.74) is -0.926. The van der Waals surface area contributed by atoms with E-state index >= 15 is 0 Å². The second-order valence-corrected chi connectivity index (χ2v) is 9.25. The van der Waals surface area contributed by atoms with Crippen LogP contribution in [0.25, 0.3) is 0 Å². The Morgan fingerprint density at radius 2 is 1.80 bits per heavy atom. The highest BCUT2D eigenvalue weighted by molar-refractivity contribution is 7.92. The van der Waals surface area contributed by atoms with Crippen LogP contribution in [-0.4, -0.2) is 40.8 Å². The van der Waals surface area contributed by atoms with Gasteiger partial charge in [0.1, 0.15) is 0 Å². The van der Waals surface area contributed by atoms with E-state index in [2.05, 4.69) is 11.3 Å². The fourth-order valence-corrected chi connectivity index (χ4v) is 4.56. The van der Waals surface area contributed by atoms with E-state index in [-0.39, 0.29) is 30.4 Å². The second-order valence-electron chi connectivity index (χ2n) is 5.60. The van der Waals surface area contributed by atoms with Gasteiger partial charge in [0.25, 0.3) is 0 Å². The van der Waals surface area contributed by atoms with E-state index in [0.29, 0.717) is 6.42 Å². The molecule has 25 heavy (non-hydrogen) atoms. The second kappa shape index (κ2) is 7.06. The summed E-state index contributed by atoms with van der Waals surface area (Å²) in [6.07, 6.45) is -4.09. The molecule has 0 aromatic heterocycles. The molecule has 0 spiro atoms. The van der Waals surface area contributed by atoms with Gasteiger partial charge in [0, 0.05) is 25.0 Å². The molecular formula is C14H17F3N2O4S2. The Hall–Kier alpha value is -1.43. The zero-order valence-electron chi connectivity index (χ0n) is 13.0. The summed E-state index contributed by atoms with van der Waals surface area (Å²) in [6, 6.07) is 3.29. The highest BCUT2D eigenvalue weighted by Gasteiger charge is 2.34. The Balaban J connectivity index is 2.07. The lowest BCUT2D eigenvalue weighted by molar-refractivity contribution is -0.137. The van der Waals surface area contributed by atoms with E-state index in [0.717, 1.165) is 34.0 Å². The average Bonchev–Trinajstić information content (AvgIpc) is 3.02. The molecule has 1 aliphatic rings. The third kappa shape index (κ3) is 4.81. The minimum atomic E-state index is -4.54. The molecule has 1 atom stereocenters. The van der Waals surface area contributed by atoms with Crippen LogP contribution in [0, 0.1) is 5.92 Å². The fraction of sp³-hybridized carbons (Fsp3) is 0.429. The Kier molecular flexibility index (Phi) is 5.62. The normalized spacial score (nSPS) is 19.9. The lowest BCUT2D eigenvalue weighted by Crippen LogP contribution is -2.32. The molecule has 140 valence electrons. The van der Waals surface area contributed by atoms with Crippen LogP contribution in [-0.2, 0) is 26.2 Å². The molecule has 1 aromatic rings. The van der Waals surface area contributed by atoms with Crippen LogP contribution in [0.1, 0.15) is 12.0 Å². The highest BCUT2D eigenvalue weighted by atomic mass is 32.2. The maximum Gasteiger partial charge on any atom is 0.416 e. The Labute approximate surface area is 144 Å². The van der Waals surface area contributed by atoms with Crippen molar-refractivity contribution >= 4 is 20.0 Å². The molecule has 1 aromatic carbocycles. The summed E-state index contributed by atoms with van der Waals surface area (Å²) in [4.78, 5) is -0.229. The number of sulfonamides is 2. The number of benzene rings is 1. The first-order valence-corrected chi connectivity index (χ1v) is 10.2. The van der Waals surface area contributed by atoms with E-state index in [1.54, 1.807) is 0 Å².